The molecule has 22 heavy (non-hydrogen) atoms. The number of carbonyl (C=O) groups is 2. The molecule has 1 aliphatic heterocycles. The van der Waals surface area contributed by atoms with Gasteiger partial charge in [-0.1, -0.05) is 26.3 Å². The number of carboxylic acid groups (broad SMARTS) is 1. The number of amides is 2. The van der Waals surface area contributed by atoms with Gasteiger partial charge in [-0.2, -0.15) is 0 Å². The Kier molecular flexibility index (Phi) is 5.08. The fourth-order valence-electron chi connectivity index (χ4n) is 2.11. The Bertz CT molecular complexity index is 561. The van der Waals surface area contributed by atoms with E-state index < -0.39 is 18.0 Å². The van der Waals surface area contributed by atoms with Crippen LogP contribution in [-0.2, 0) is 11.3 Å². The van der Waals surface area contributed by atoms with Gasteiger partial charge in [0.05, 0.1) is 0 Å². The average Bonchev–Trinajstić information content (AvgIpc) is 2.97. The SMILES string of the molecule is CC[C@@H](C)[C@H](NC(=O)NCc1ccc2c(c1)OCO2)C(=O)O. The summed E-state index contributed by atoms with van der Waals surface area (Å²) in [4.78, 5) is 23.0. The van der Waals surface area contributed by atoms with Crippen LogP contribution in [0.25, 0.3) is 0 Å². The van der Waals surface area contributed by atoms with Crippen LogP contribution in [0.5, 0.6) is 11.5 Å². The highest BCUT2D eigenvalue weighted by Gasteiger charge is 2.25. The first-order chi connectivity index (χ1) is 10.5. The molecule has 1 aromatic carbocycles. The van der Waals surface area contributed by atoms with Crippen LogP contribution in [0.4, 0.5) is 4.79 Å². The maximum atomic E-state index is 11.8. The Labute approximate surface area is 128 Å². The van der Waals surface area contributed by atoms with Crippen LogP contribution in [0, 0.1) is 5.92 Å². The predicted octanol–water partition coefficient (Wildman–Crippen LogP) is 1.71. The van der Waals surface area contributed by atoms with Crippen molar-refractivity contribution in [3.8, 4) is 11.5 Å². The quantitative estimate of drug-likeness (QED) is 0.743. The molecule has 0 saturated carbocycles. The summed E-state index contributed by atoms with van der Waals surface area (Å²) in [5.41, 5.74) is 0.842. The van der Waals surface area contributed by atoms with E-state index in [0.29, 0.717) is 17.9 Å². The molecule has 0 fully saturated rings. The highest BCUT2D eigenvalue weighted by molar-refractivity contribution is 5.82. The minimum absolute atomic E-state index is 0.145. The second kappa shape index (κ2) is 7.02. The van der Waals surface area contributed by atoms with Crippen molar-refractivity contribution in [1.82, 2.24) is 10.6 Å². The molecular weight excluding hydrogens is 288 g/mol. The Morgan fingerprint density at radius 2 is 2.05 bits per heavy atom. The van der Waals surface area contributed by atoms with Gasteiger partial charge in [0.25, 0.3) is 0 Å². The van der Waals surface area contributed by atoms with E-state index in [1.54, 1.807) is 19.1 Å². The first-order valence-corrected chi connectivity index (χ1v) is 7.17. The van der Waals surface area contributed by atoms with Crippen molar-refractivity contribution < 1.29 is 24.2 Å². The molecule has 0 radical (unpaired) electrons. The molecule has 2 rings (SSSR count). The molecule has 0 aliphatic carbocycles. The number of benzene rings is 1. The molecule has 1 heterocycles. The second-order valence-electron chi connectivity index (χ2n) is 5.22. The number of carbonyl (C=O) groups excluding carboxylic acids is 1. The van der Waals surface area contributed by atoms with Gasteiger partial charge in [-0.25, -0.2) is 9.59 Å². The highest BCUT2D eigenvalue weighted by atomic mass is 16.7. The van der Waals surface area contributed by atoms with Crippen LogP contribution in [-0.4, -0.2) is 29.9 Å². The van der Waals surface area contributed by atoms with Gasteiger partial charge in [0.15, 0.2) is 11.5 Å². The van der Waals surface area contributed by atoms with Crippen molar-refractivity contribution in [2.24, 2.45) is 5.92 Å². The molecular formula is C15H20N2O5. The number of rotatable bonds is 6. The zero-order valence-electron chi connectivity index (χ0n) is 12.6. The van der Waals surface area contributed by atoms with Crippen molar-refractivity contribution in [2.45, 2.75) is 32.9 Å². The summed E-state index contributed by atoms with van der Waals surface area (Å²) in [5, 5.41) is 14.3. The molecule has 7 nitrogen and oxygen atoms in total. The number of nitrogens with one attached hydrogen (secondary N) is 2. The van der Waals surface area contributed by atoms with Gasteiger partial charge in [-0.15, -0.1) is 0 Å². The maximum Gasteiger partial charge on any atom is 0.326 e. The van der Waals surface area contributed by atoms with E-state index in [1.165, 1.54) is 0 Å². The van der Waals surface area contributed by atoms with E-state index in [1.807, 2.05) is 13.0 Å². The summed E-state index contributed by atoms with van der Waals surface area (Å²) in [6.07, 6.45) is 0.666. The minimum atomic E-state index is -1.03. The van der Waals surface area contributed by atoms with Gasteiger partial charge in [-0.05, 0) is 23.6 Å². The summed E-state index contributed by atoms with van der Waals surface area (Å²) in [6.45, 7) is 4.14. The lowest BCUT2D eigenvalue weighted by atomic mass is 9.99. The van der Waals surface area contributed by atoms with Gasteiger partial charge in [0.2, 0.25) is 6.79 Å². The smallest absolute Gasteiger partial charge is 0.326 e. The Morgan fingerprint density at radius 3 is 2.73 bits per heavy atom. The van der Waals surface area contributed by atoms with Gasteiger partial charge >= 0.3 is 12.0 Å². The second-order valence-corrected chi connectivity index (χ2v) is 5.22. The normalized spacial score (nSPS) is 15.0. The van der Waals surface area contributed by atoms with Crippen molar-refractivity contribution in [3.05, 3.63) is 23.8 Å². The van der Waals surface area contributed by atoms with E-state index in [-0.39, 0.29) is 19.3 Å². The van der Waals surface area contributed by atoms with E-state index in [9.17, 15) is 9.59 Å². The lowest BCUT2D eigenvalue weighted by Gasteiger charge is -2.20. The van der Waals surface area contributed by atoms with E-state index in [2.05, 4.69) is 10.6 Å². The maximum absolute atomic E-state index is 11.8. The van der Waals surface area contributed by atoms with E-state index in [0.717, 1.165) is 5.56 Å². The highest BCUT2D eigenvalue weighted by Crippen LogP contribution is 2.32. The zero-order valence-corrected chi connectivity index (χ0v) is 12.6. The van der Waals surface area contributed by atoms with Crippen LogP contribution in [0.2, 0.25) is 0 Å². The monoisotopic (exact) mass is 308 g/mol. The van der Waals surface area contributed by atoms with Crippen LogP contribution < -0.4 is 20.1 Å². The molecule has 120 valence electrons. The molecule has 2 atom stereocenters. The number of carboxylic acids is 1. The van der Waals surface area contributed by atoms with Crippen LogP contribution in [0.3, 0.4) is 0 Å². The summed E-state index contributed by atoms with van der Waals surface area (Å²) in [5.74, 6) is 0.139. The first-order valence-electron chi connectivity index (χ1n) is 7.17. The van der Waals surface area contributed by atoms with Gasteiger partial charge < -0.3 is 25.2 Å². The number of urea groups is 1. The van der Waals surface area contributed by atoms with E-state index >= 15 is 0 Å². The topological polar surface area (TPSA) is 96.9 Å². The predicted molar refractivity (Wildman–Crippen MR) is 78.8 cm³/mol. The third-order valence-corrected chi connectivity index (χ3v) is 3.66. The zero-order chi connectivity index (χ0) is 16.1. The Hall–Kier alpha value is -2.44. The van der Waals surface area contributed by atoms with Gasteiger partial charge in [0, 0.05) is 6.54 Å². The number of fused-ring (bicyclic) bond motifs is 1. The molecule has 1 aliphatic rings. The number of ether oxygens (including phenoxy) is 2. The van der Waals surface area contributed by atoms with Crippen LogP contribution >= 0.6 is 0 Å². The fraction of sp³-hybridized carbons (Fsp3) is 0.467. The van der Waals surface area contributed by atoms with E-state index in [4.69, 9.17) is 14.6 Å². The first kappa shape index (κ1) is 15.9. The summed E-state index contributed by atoms with van der Waals surface area (Å²) < 4.78 is 10.5. The molecule has 1 aromatic rings. The van der Waals surface area contributed by atoms with Crippen molar-refractivity contribution in [2.75, 3.05) is 6.79 Å². The number of aliphatic carboxylic acids is 1. The molecule has 2 amide bonds. The van der Waals surface area contributed by atoms with Crippen LogP contribution in [0.15, 0.2) is 18.2 Å². The number of hydrogen-bond acceptors (Lipinski definition) is 4. The third kappa shape index (κ3) is 3.81. The third-order valence-electron chi connectivity index (χ3n) is 3.66. The lowest BCUT2D eigenvalue weighted by Crippen LogP contribution is -2.48. The molecule has 0 spiro atoms. The Balaban J connectivity index is 1.88. The van der Waals surface area contributed by atoms with Gasteiger partial charge in [0.1, 0.15) is 6.04 Å². The standard InChI is InChI=1S/C15H20N2O5/c1-3-9(2)13(14(18)19)17-15(20)16-7-10-4-5-11-12(6-10)22-8-21-11/h4-6,9,13H,3,7-8H2,1-2H3,(H,18,19)(H2,16,17,20)/t9-,13+/m1/s1. The Morgan fingerprint density at radius 1 is 1.32 bits per heavy atom. The van der Waals surface area contributed by atoms with Crippen molar-refractivity contribution >= 4 is 12.0 Å². The summed E-state index contributed by atoms with van der Waals surface area (Å²) in [7, 11) is 0. The van der Waals surface area contributed by atoms with Crippen molar-refractivity contribution in [3.63, 3.8) is 0 Å². The average molecular weight is 308 g/mol. The van der Waals surface area contributed by atoms with Gasteiger partial charge in [-0.3, -0.25) is 0 Å². The molecule has 0 unspecified atom stereocenters. The molecule has 0 bridgehead atoms. The lowest BCUT2D eigenvalue weighted by molar-refractivity contribution is -0.140. The summed E-state index contributed by atoms with van der Waals surface area (Å²) in [6, 6.07) is 3.96. The largest absolute Gasteiger partial charge is 0.480 e. The van der Waals surface area contributed by atoms with Crippen LogP contribution in [0.1, 0.15) is 25.8 Å². The number of hydrogen-bond donors (Lipinski definition) is 3. The molecule has 7 heteroatoms. The molecule has 0 saturated heterocycles. The summed E-state index contributed by atoms with van der Waals surface area (Å²) >= 11 is 0. The fourth-order valence-corrected chi connectivity index (χ4v) is 2.11. The van der Waals surface area contributed by atoms with Crippen molar-refractivity contribution in [1.29, 1.82) is 0 Å². The molecule has 3 N–H and O–H groups in total. The minimum Gasteiger partial charge on any atom is -0.480 e. The molecule has 0 aromatic heterocycles.